The molecule has 1 aliphatic heterocycles. The van der Waals surface area contributed by atoms with Crippen molar-refractivity contribution in [1.82, 2.24) is 9.62 Å². The number of nitrogens with one attached hydrogen (secondary N) is 1. The molecule has 0 aromatic heterocycles. The Bertz CT molecular complexity index is 794. The van der Waals surface area contributed by atoms with Gasteiger partial charge in [-0.15, -0.1) is 0 Å². The Morgan fingerprint density at radius 1 is 1.31 bits per heavy atom. The number of rotatable bonds is 8. The third-order valence-electron chi connectivity index (χ3n) is 4.89. The van der Waals surface area contributed by atoms with Gasteiger partial charge in [-0.1, -0.05) is 13.8 Å². The Morgan fingerprint density at radius 2 is 1.96 bits per heavy atom. The first-order chi connectivity index (χ1) is 12.3. The first kappa shape index (κ1) is 20.3. The van der Waals surface area contributed by atoms with Gasteiger partial charge in [0.05, 0.1) is 24.3 Å². The number of fused-ring (bicyclic) bond motifs is 1. The highest BCUT2D eigenvalue weighted by Gasteiger charge is 2.41. The molecule has 0 saturated heterocycles. The van der Waals surface area contributed by atoms with Gasteiger partial charge in [0.1, 0.15) is 4.90 Å². The normalized spacial score (nSPS) is 15.8. The first-order valence-corrected chi connectivity index (χ1v) is 9.93. The van der Waals surface area contributed by atoms with E-state index in [4.69, 9.17) is 10.5 Å². The van der Waals surface area contributed by atoms with Crippen LogP contribution in [0.1, 0.15) is 47.4 Å². The van der Waals surface area contributed by atoms with E-state index in [0.717, 1.165) is 4.31 Å². The molecule has 1 heterocycles. The fraction of sp³-hybridized carbons (Fsp3) is 0.529. The monoisotopic (exact) mass is 383 g/mol. The summed E-state index contributed by atoms with van der Waals surface area (Å²) in [5.41, 5.74) is 5.49. The Hall–Kier alpha value is -1.97. The standard InChI is InChI=1S/C17H25N3O5S/c1-4-17(5-2,11-18)19-15(21)12-6-7-13-14(10-12)26(23,24)20(16(13)22)8-9-25-3/h6-7,10H,4-5,8-9,11,18H2,1-3H3,(H,19,21). The van der Waals surface area contributed by atoms with Gasteiger partial charge < -0.3 is 15.8 Å². The fourth-order valence-electron chi connectivity index (χ4n) is 2.89. The van der Waals surface area contributed by atoms with Gasteiger partial charge in [0.2, 0.25) is 0 Å². The molecule has 0 bridgehead atoms. The van der Waals surface area contributed by atoms with Gasteiger partial charge in [-0.25, -0.2) is 12.7 Å². The minimum absolute atomic E-state index is 0.0636. The number of benzene rings is 1. The number of amides is 2. The van der Waals surface area contributed by atoms with Gasteiger partial charge in [-0.2, -0.15) is 0 Å². The van der Waals surface area contributed by atoms with E-state index >= 15 is 0 Å². The maximum atomic E-state index is 12.6. The molecule has 1 aromatic rings. The maximum Gasteiger partial charge on any atom is 0.269 e. The number of methoxy groups -OCH3 is 1. The van der Waals surface area contributed by atoms with E-state index in [1.807, 2.05) is 13.8 Å². The molecule has 0 spiro atoms. The molecule has 0 atom stereocenters. The van der Waals surface area contributed by atoms with Crippen LogP contribution in [0.4, 0.5) is 0 Å². The molecule has 1 aromatic carbocycles. The second kappa shape index (κ2) is 7.73. The minimum Gasteiger partial charge on any atom is -0.383 e. The van der Waals surface area contributed by atoms with Crippen molar-refractivity contribution in [3.8, 4) is 0 Å². The van der Waals surface area contributed by atoms with Crippen molar-refractivity contribution in [3.05, 3.63) is 29.3 Å². The Labute approximate surface area is 153 Å². The zero-order valence-corrected chi connectivity index (χ0v) is 16.1. The van der Waals surface area contributed by atoms with E-state index < -0.39 is 27.4 Å². The molecular formula is C17H25N3O5S. The minimum atomic E-state index is -3.99. The summed E-state index contributed by atoms with van der Waals surface area (Å²) in [5, 5.41) is 2.89. The number of nitrogens with two attached hydrogens (primary N) is 1. The Kier molecular flexibility index (Phi) is 6.05. The van der Waals surface area contributed by atoms with Crippen molar-refractivity contribution in [2.45, 2.75) is 37.1 Å². The lowest BCUT2D eigenvalue weighted by molar-refractivity contribution is 0.0834. The van der Waals surface area contributed by atoms with Gasteiger partial charge >= 0.3 is 0 Å². The van der Waals surface area contributed by atoms with Gasteiger partial charge in [0.15, 0.2) is 0 Å². The molecule has 2 rings (SSSR count). The van der Waals surface area contributed by atoms with Gasteiger partial charge in [-0.3, -0.25) is 9.59 Å². The van der Waals surface area contributed by atoms with E-state index in [-0.39, 0.29) is 35.7 Å². The molecule has 1 aliphatic rings. The smallest absolute Gasteiger partial charge is 0.269 e. The van der Waals surface area contributed by atoms with Crippen LogP contribution in [0, 0.1) is 0 Å². The molecule has 8 nitrogen and oxygen atoms in total. The van der Waals surface area contributed by atoms with Crippen LogP contribution < -0.4 is 11.1 Å². The molecule has 0 fully saturated rings. The molecule has 0 radical (unpaired) electrons. The summed E-state index contributed by atoms with van der Waals surface area (Å²) in [6, 6.07) is 4.07. The van der Waals surface area contributed by atoms with Crippen LogP contribution in [0.15, 0.2) is 23.1 Å². The lowest BCUT2D eigenvalue weighted by atomic mass is 9.92. The van der Waals surface area contributed by atoms with Crippen LogP contribution in [-0.2, 0) is 14.8 Å². The average molecular weight is 383 g/mol. The largest absolute Gasteiger partial charge is 0.383 e. The van der Waals surface area contributed by atoms with E-state index in [9.17, 15) is 18.0 Å². The predicted octanol–water partition coefficient (Wildman–Crippen LogP) is 0.725. The van der Waals surface area contributed by atoms with Crippen LogP contribution in [0.2, 0.25) is 0 Å². The van der Waals surface area contributed by atoms with E-state index in [1.54, 1.807) is 0 Å². The summed E-state index contributed by atoms with van der Waals surface area (Å²) in [6.45, 7) is 4.15. The van der Waals surface area contributed by atoms with Gasteiger partial charge in [-0.05, 0) is 31.0 Å². The lowest BCUT2D eigenvalue weighted by Crippen LogP contribution is -2.52. The number of hydrogen-bond donors (Lipinski definition) is 2. The van der Waals surface area contributed by atoms with Crippen molar-refractivity contribution in [3.63, 3.8) is 0 Å². The molecule has 3 N–H and O–H groups in total. The van der Waals surface area contributed by atoms with E-state index in [2.05, 4.69) is 5.32 Å². The highest BCUT2D eigenvalue weighted by Crippen LogP contribution is 2.31. The number of hydrogen-bond acceptors (Lipinski definition) is 6. The van der Waals surface area contributed by atoms with Crippen LogP contribution in [-0.4, -0.2) is 56.9 Å². The Balaban J connectivity index is 2.36. The first-order valence-electron chi connectivity index (χ1n) is 8.49. The third kappa shape index (κ3) is 3.46. The van der Waals surface area contributed by atoms with Gasteiger partial charge in [0.25, 0.3) is 21.8 Å². The SMILES string of the molecule is CCC(CC)(CN)NC(=O)c1ccc2c(c1)S(=O)(=O)N(CCOC)C2=O. The summed E-state index contributed by atoms with van der Waals surface area (Å²) in [5.74, 6) is -1.03. The number of sulfonamides is 1. The molecule has 9 heteroatoms. The highest BCUT2D eigenvalue weighted by atomic mass is 32.2. The van der Waals surface area contributed by atoms with Crippen molar-refractivity contribution < 1.29 is 22.7 Å². The van der Waals surface area contributed by atoms with E-state index in [0.29, 0.717) is 12.8 Å². The summed E-state index contributed by atoms with van der Waals surface area (Å²) < 4.78 is 30.9. The van der Waals surface area contributed by atoms with Crippen LogP contribution in [0.5, 0.6) is 0 Å². The molecule has 144 valence electrons. The third-order valence-corrected chi connectivity index (χ3v) is 6.71. The second-order valence-corrected chi connectivity index (χ2v) is 8.06. The van der Waals surface area contributed by atoms with Crippen molar-refractivity contribution >= 4 is 21.8 Å². The number of ether oxygens (including phenoxy) is 1. The zero-order chi connectivity index (χ0) is 19.5. The molecule has 26 heavy (non-hydrogen) atoms. The number of carbonyl (C=O) groups excluding carboxylic acids is 2. The average Bonchev–Trinajstić information content (AvgIpc) is 2.83. The summed E-state index contributed by atoms with van der Waals surface area (Å²) in [7, 11) is -2.56. The lowest BCUT2D eigenvalue weighted by Gasteiger charge is -2.31. The van der Waals surface area contributed by atoms with E-state index in [1.165, 1.54) is 25.3 Å². The fourth-order valence-corrected chi connectivity index (χ4v) is 4.47. The van der Waals surface area contributed by atoms with Crippen molar-refractivity contribution in [1.29, 1.82) is 0 Å². The zero-order valence-electron chi connectivity index (χ0n) is 15.2. The molecule has 0 aliphatic carbocycles. The number of nitrogens with zero attached hydrogens (tertiary/aromatic N) is 1. The van der Waals surface area contributed by atoms with Crippen LogP contribution >= 0.6 is 0 Å². The van der Waals surface area contributed by atoms with Crippen molar-refractivity contribution in [2.75, 3.05) is 26.8 Å². The van der Waals surface area contributed by atoms with Gasteiger partial charge in [0, 0.05) is 19.2 Å². The predicted molar refractivity (Wildman–Crippen MR) is 96.4 cm³/mol. The molecular weight excluding hydrogens is 358 g/mol. The Morgan fingerprint density at radius 3 is 2.50 bits per heavy atom. The molecule has 2 amide bonds. The molecule has 0 unspecified atom stereocenters. The number of carbonyl (C=O) groups is 2. The summed E-state index contributed by atoms with van der Waals surface area (Å²) >= 11 is 0. The summed E-state index contributed by atoms with van der Waals surface area (Å²) in [4.78, 5) is 24.8. The second-order valence-electron chi connectivity index (χ2n) is 6.23. The van der Waals surface area contributed by atoms with Crippen molar-refractivity contribution in [2.24, 2.45) is 5.73 Å². The van der Waals surface area contributed by atoms with Crippen LogP contribution in [0.3, 0.4) is 0 Å². The topological polar surface area (TPSA) is 119 Å². The van der Waals surface area contributed by atoms with Crippen LogP contribution in [0.25, 0.3) is 0 Å². The summed E-state index contributed by atoms with van der Waals surface area (Å²) in [6.07, 6.45) is 1.30. The maximum absolute atomic E-state index is 12.6. The quantitative estimate of drug-likeness (QED) is 0.683. The highest BCUT2D eigenvalue weighted by molar-refractivity contribution is 7.90. The molecule has 0 saturated carbocycles.